The third-order valence-corrected chi connectivity index (χ3v) is 4.27. The summed E-state index contributed by atoms with van der Waals surface area (Å²) < 4.78 is 5.31. The largest absolute Gasteiger partial charge is 0.393 e. The Balaban J connectivity index is 1.70. The molecule has 0 radical (unpaired) electrons. The third-order valence-electron chi connectivity index (χ3n) is 4.27. The lowest BCUT2D eigenvalue weighted by Gasteiger charge is -2.36. The topological polar surface area (TPSA) is 56.2 Å². The van der Waals surface area contributed by atoms with E-state index in [9.17, 15) is 10.2 Å². The van der Waals surface area contributed by atoms with E-state index in [4.69, 9.17) is 4.74 Å². The van der Waals surface area contributed by atoms with Gasteiger partial charge in [0.25, 0.3) is 0 Å². The molecule has 0 aliphatic carbocycles. The predicted octanol–water partition coefficient (Wildman–Crippen LogP) is -0.228. The fourth-order valence-electron chi connectivity index (χ4n) is 3.09. The van der Waals surface area contributed by atoms with E-state index in [0.29, 0.717) is 5.92 Å². The van der Waals surface area contributed by atoms with Gasteiger partial charge in [-0.1, -0.05) is 0 Å². The molecule has 0 saturated carbocycles. The zero-order chi connectivity index (χ0) is 13.7. The molecule has 112 valence electrons. The fraction of sp³-hybridized carbons (Fsp3) is 1.00. The molecule has 2 heterocycles. The monoisotopic (exact) mass is 272 g/mol. The van der Waals surface area contributed by atoms with Crippen molar-refractivity contribution in [1.82, 2.24) is 9.80 Å². The molecular weight excluding hydrogens is 244 g/mol. The Bertz CT molecular complexity index is 257. The first-order chi connectivity index (χ1) is 9.15. The molecule has 0 bridgehead atoms. The van der Waals surface area contributed by atoms with E-state index >= 15 is 0 Å². The quantitative estimate of drug-likeness (QED) is 0.724. The standard InChI is InChI=1S/C14H28N2O3/c1-12(17)13-3-2-4-16(9-13)11-14(18)10-15-5-7-19-8-6-15/h12-14,17-18H,2-11H2,1H3. The molecule has 3 atom stereocenters. The molecule has 5 nitrogen and oxygen atoms in total. The summed E-state index contributed by atoms with van der Waals surface area (Å²) in [5.41, 5.74) is 0. The molecule has 2 rings (SSSR count). The average molecular weight is 272 g/mol. The lowest BCUT2D eigenvalue weighted by Crippen LogP contribution is -2.47. The first kappa shape index (κ1) is 15.2. The maximum atomic E-state index is 10.2. The Morgan fingerprint density at radius 2 is 1.79 bits per heavy atom. The van der Waals surface area contributed by atoms with Gasteiger partial charge >= 0.3 is 0 Å². The Hall–Kier alpha value is -0.200. The van der Waals surface area contributed by atoms with Crippen LogP contribution in [0.3, 0.4) is 0 Å². The van der Waals surface area contributed by atoms with Gasteiger partial charge in [-0.05, 0) is 32.2 Å². The van der Waals surface area contributed by atoms with Crippen LogP contribution in [-0.2, 0) is 4.74 Å². The number of hydrogen-bond donors (Lipinski definition) is 2. The number of aliphatic hydroxyl groups excluding tert-OH is 2. The number of ether oxygens (including phenoxy) is 1. The number of nitrogens with zero attached hydrogens (tertiary/aromatic N) is 2. The van der Waals surface area contributed by atoms with Gasteiger partial charge in [0, 0.05) is 32.7 Å². The van der Waals surface area contributed by atoms with Crippen LogP contribution in [0.2, 0.25) is 0 Å². The number of likely N-dealkylation sites (tertiary alicyclic amines) is 1. The van der Waals surface area contributed by atoms with Gasteiger partial charge < -0.3 is 19.8 Å². The molecule has 0 amide bonds. The van der Waals surface area contributed by atoms with Gasteiger partial charge in [0.05, 0.1) is 25.4 Å². The Labute approximate surface area is 116 Å². The molecule has 0 aromatic carbocycles. The lowest BCUT2D eigenvalue weighted by atomic mass is 9.93. The highest BCUT2D eigenvalue weighted by molar-refractivity contribution is 4.79. The van der Waals surface area contributed by atoms with E-state index in [1.54, 1.807) is 0 Å². The fourth-order valence-corrected chi connectivity index (χ4v) is 3.09. The van der Waals surface area contributed by atoms with Crippen LogP contribution in [0.25, 0.3) is 0 Å². The van der Waals surface area contributed by atoms with Crippen LogP contribution >= 0.6 is 0 Å². The molecule has 2 saturated heterocycles. The molecule has 0 aromatic heterocycles. The van der Waals surface area contributed by atoms with Crippen molar-refractivity contribution >= 4 is 0 Å². The number of β-amino-alcohol motifs (C(OH)–C–C–N with tert-alkyl or cyclic N) is 1. The number of piperidine rings is 1. The van der Waals surface area contributed by atoms with E-state index in [0.717, 1.165) is 65.3 Å². The summed E-state index contributed by atoms with van der Waals surface area (Å²) in [6.07, 6.45) is 1.69. The zero-order valence-corrected chi connectivity index (χ0v) is 12.0. The number of hydrogen-bond acceptors (Lipinski definition) is 5. The minimum atomic E-state index is -0.300. The van der Waals surface area contributed by atoms with Gasteiger partial charge in [0.2, 0.25) is 0 Å². The van der Waals surface area contributed by atoms with Crippen molar-refractivity contribution in [2.45, 2.75) is 32.0 Å². The third kappa shape index (κ3) is 5.00. The average Bonchev–Trinajstić information content (AvgIpc) is 2.40. The highest BCUT2D eigenvalue weighted by atomic mass is 16.5. The highest BCUT2D eigenvalue weighted by Gasteiger charge is 2.25. The van der Waals surface area contributed by atoms with E-state index in [1.165, 1.54) is 0 Å². The van der Waals surface area contributed by atoms with Crippen molar-refractivity contribution < 1.29 is 14.9 Å². The second kappa shape index (κ2) is 7.55. The number of aliphatic hydroxyl groups is 2. The highest BCUT2D eigenvalue weighted by Crippen LogP contribution is 2.19. The van der Waals surface area contributed by atoms with Crippen molar-refractivity contribution in [2.24, 2.45) is 5.92 Å². The van der Waals surface area contributed by atoms with Gasteiger partial charge in [0.15, 0.2) is 0 Å². The molecule has 3 unspecified atom stereocenters. The van der Waals surface area contributed by atoms with Crippen LogP contribution in [0.5, 0.6) is 0 Å². The van der Waals surface area contributed by atoms with Crippen LogP contribution < -0.4 is 0 Å². The predicted molar refractivity (Wildman–Crippen MR) is 74.1 cm³/mol. The summed E-state index contributed by atoms with van der Waals surface area (Å²) in [4.78, 5) is 4.57. The molecule has 0 aromatic rings. The SMILES string of the molecule is CC(O)C1CCCN(CC(O)CN2CCOCC2)C1. The molecule has 19 heavy (non-hydrogen) atoms. The van der Waals surface area contributed by atoms with E-state index in [-0.39, 0.29) is 12.2 Å². The van der Waals surface area contributed by atoms with Crippen molar-refractivity contribution in [2.75, 3.05) is 52.5 Å². The van der Waals surface area contributed by atoms with Gasteiger partial charge in [-0.3, -0.25) is 4.90 Å². The van der Waals surface area contributed by atoms with Crippen molar-refractivity contribution in [3.05, 3.63) is 0 Å². The maximum absolute atomic E-state index is 10.2. The molecular formula is C14H28N2O3. The first-order valence-electron chi connectivity index (χ1n) is 7.53. The minimum absolute atomic E-state index is 0.237. The first-order valence-corrected chi connectivity index (χ1v) is 7.53. The zero-order valence-electron chi connectivity index (χ0n) is 12.0. The maximum Gasteiger partial charge on any atom is 0.0793 e. The summed E-state index contributed by atoms with van der Waals surface area (Å²) in [7, 11) is 0. The Morgan fingerprint density at radius 3 is 2.47 bits per heavy atom. The molecule has 2 fully saturated rings. The van der Waals surface area contributed by atoms with Gasteiger partial charge in [0.1, 0.15) is 0 Å². The van der Waals surface area contributed by atoms with Crippen molar-refractivity contribution in [3.8, 4) is 0 Å². The van der Waals surface area contributed by atoms with E-state index in [1.807, 2.05) is 6.92 Å². The molecule has 2 aliphatic rings. The molecule has 0 spiro atoms. The van der Waals surface area contributed by atoms with Gasteiger partial charge in [-0.25, -0.2) is 0 Å². The van der Waals surface area contributed by atoms with Crippen molar-refractivity contribution in [1.29, 1.82) is 0 Å². The van der Waals surface area contributed by atoms with E-state index in [2.05, 4.69) is 9.80 Å². The minimum Gasteiger partial charge on any atom is -0.393 e. The van der Waals surface area contributed by atoms with Crippen LogP contribution in [0.1, 0.15) is 19.8 Å². The van der Waals surface area contributed by atoms with Crippen molar-refractivity contribution in [3.63, 3.8) is 0 Å². The Kier molecular flexibility index (Phi) is 6.04. The summed E-state index contributed by atoms with van der Waals surface area (Å²) in [5.74, 6) is 0.365. The summed E-state index contributed by atoms with van der Waals surface area (Å²) >= 11 is 0. The smallest absolute Gasteiger partial charge is 0.0793 e. The van der Waals surface area contributed by atoms with Crippen LogP contribution in [0.15, 0.2) is 0 Å². The normalized spacial score (nSPS) is 30.2. The number of morpholine rings is 1. The van der Waals surface area contributed by atoms with Crippen LogP contribution in [0.4, 0.5) is 0 Å². The van der Waals surface area contributed by atoms with Crippen LogP contribution in [-0.4, -0.2) is 84.7 Å². The number of rotatable bonds is 5. The van der Waals surface area contributed by atoms with E-state index < -0.39 is 0 Å². The molecule has 2 aliphatic heterocycles. The second-order valence-electron chi connectivity index (χ2n) is 5.97. The molecule has 5 heteroatoms. The van der Waals surface area contributed by atoms with Crippen LogP contribution in [0, 0.1) is 5.92 Å². The van der Waals surface area contributed by atoms with Gasteiger partial charge in [-0.2, -0.15) is 0 Å². The molecule has 2 N–H and O–H groups in total. The Morgan fingerprint density at radius 1 is 1.11 bits per heavy atom. The summed E-state index contributed by atoms with van der Waals surface area (Å²) in [5, 5.41) is 19.9. The second-order valence-corrected chi connectivity index (χ2v) is 5.97. The summed E-state index contributed by atoms with van der Waals surface area (Å²) in [6.45, 7) is 8.70. The van der Waals surface area contributed by atoms with Gasteiger partial charge in [-0.15, -0.1) is 0 Å². The lowest BCUT2D eigenvalue weighted by molar-refractivity contribution is -0.00265. The summed E-state index contributed by atoms with van der Waals surface area (Å²) in [6, 6.07) is 0.